The molecule has 0 aliphatic carbocycles. The van der Waals surface area contributed by atoms with Gasteiger partial charge in [-0.25, -0.2) is 4.79 Å². The summed E-state index contributed by atoms with van der Waals surface area (Å²) in [6.45, 7) is 8.93. The summed E-state index contributed by atoms with van der Waals surface area (Å²) in [5.41, 5.74) is 6.53. The minimum Gasteiger partial charge on any atom is -0.489 e. The predicted octanol–water partition coefficient (Wildman–Crippen LogP) is 7.32. The number of carboxylic acid groups (broad SMARTS) is 1. The van der Waals surface area contributed by atoms with E-state index in [0.29, 0.717) is 23.5 Å². The minimum atomic E-state index is -1.06. The third kappa shape index (κ3) is 6.51. The first-order chi connectivity index (χ1) is 18.1. The highest BCUT2D eigenvalue weighted by atomic mass is 16.5. The van der Waals surface area contributed by atoms with Crippen LogP contribution in [0.1, 0.15) is 65.1 Å². The van der Waals surface area contributed by atoms with Crippen molar-refractivity contribution in [1.82, 2.24) is 0 Å². The minimum absolute atomic E-state index is 0.191. The lowest BCUT2D eigenvalue weighted by Crippen LogP contribution is -2.16. The standard InChI is InChI=1S/C34H32O4/c1-23-10-15-26(16-11-23)29-20-28(30(35)19-14-24-12-17-27(18-13-24)33(36)37)21-31(32(29)34(2,3)4)38-22-25-8-6-5-7-9-25/h5-13,15-18,20-21,30,35H,22H2,1-4H3,(H,36,37). The van der Waals surface area contributed by atoms with E-state index < -0.39 is 12.1 Å². The molecule has 4 aromatic carbocycles. The molecule has 4 nitrogen and oxygen atoms in total. The second-order valence-corrected chi connectivity index (χ2v) is 10.4. The molecule has 0 amide bonds. The largest absolute Gasteiger partial charge is 0.489 e. The highest BCUT2D eigenvalue weighted by Gasteiger charge is 2.26. The summed E-state index contributed by atoms with van der Waals surface area (Å²) in [7, 11) is 0. The van der Waals surface area contributed by atoms with Crippen LogP contribution in [0.3, 0.4) is 0 Å². The van der Waals surface area contributed by atoms with Gasteiger partial charge in [0.2, 0.25) is 0 Å². The van der Waals surface area contributed by atoms with Crippen molar-refractivity contribution in [2.45, 2.75) is 45.8 Å². The van der Waals surface area contributed by atoms with E-state index in [-0.39, 0.29) is 11.0 Å². The van der Waals surface area contributed by atoms with Gasteiger partial charge in [0.25, 0.3) is 0 Å². The highest BCUT2D eigenvalue weighted by molar-refractivity contribution is 5.87. The monoisotopic (exact) mass is 504 g/mol. The molecule has 0 radical (unpaired) electrons. The number of hydrogen-bond acceptors (Lipinski definition) is 3. The van der Waals surface area contributed by atoms with Gasteiger partial charge in [0.15, 0.2) is 0 Å². The van der Waals surface area contributed by atoms with Gasteiger partial charge in [0.05, 0.1) is 5.56 Å². The molecule has 0 aromatic heterocycles. The van der Waals surface area contributed by atoms with Crippen molar-refractivity contribution in [1.29, 1.82) is 0 Å². The van der Waals surface area contributed by atoms with Crippen molar-refractivity contribution < 1.29 is 19.7 Å². The average molecular weight is 505 g/mol. The van der Waals surface area contributed by atoms with Crippen molar-refractivity contribution in [3.05, 3.63) is 124 Å². The molecule has 0 aliphatic heterocycles. The molecule has 4 rings (SSSR count). The summed E-state index contributed by atoms with van der Waals surface area (Å²) in [6, 6.07) is 28.5. The van der Waals surface area contributed by atoms with Gasteiger partial charge < -0.3 is 14.9 Å². The molecular formula is C34H32O4. The molecule has 38 heavy (non-hydrogen) atoms. The van der Waals surface area contributed by atoms with Crippen molar-refractivity contribution in [2.75, 3.05) is 0 Å². The highest BCUT2D eigenvalue weighted by Crippen LogP contribution is 2.42. The van der Waals surface area contributed by atoms with Crippen LogP contribution in [0.2, 0.25) is 0 Å². The van der Waals surface area contributed by atoms with Crippen LogP contribution in [0.15, 0.2) is 91.0 Å². The molecule has 0 heterocycles. The van der Waals surface area contributed by atoms with E-state index in [9.17, 15) is 9.90 Å². The van der Waals surface area contributed by atoms with Crippen LogP contribution in [0, 0.1) is 18.8 Å². The maximum absolute atomic E-state index is 11.1. The maximum Gasteiger partial charge on any atom is 0.335 e. The Hall–Kier alpha value is -4.33. The Morgan fingerprint density at radius 2 is 1.58 bits per heavy atom. The van der Waals surface area contributed by atoms with Gasteiger partial charge in [-0.2, -0.15) is 0 Å². The molecule has 0 saturated carbocycles. The van der Waals surface area contributed by atoms with Crippen molar-refractivity contribution in [3.8, 4) is 28.7 Å². The normalized spacial score (nSPS) is 11.8. The Morgan fingerprint density at radius 1 is 0.921 bits per heavy atom. The first kappa shape index (κ1) is 26.7. The predicted molar refractivity (Wildman–Crippen MR) is 151 cm³/mol. The van der Waals surface area contributed by atoms with Crippen LogP contribution < -0.4 is 4.74 Å². The zero-order chi connectivity index (χ0) is 27.3. The molecule has 4 aromatic rings. The van der Waals surface area contributed by atoms with Crippen molar-refractivity contribution in [2.24, 2.45) is 0 Å². The number of benzene rings is 4. The molecule has 192 valence electrons. The number of carboxylic acids is 1. The van der Waals surface area contributed by atoms with Crippen LogP contribution in [0.5, 0.6) is 5.75 Å². The van der Waals surface area contributed by atoms with E-state index in [2.05, 4.69) is 63.8 Å². The number of aryl methyl sites for hydroxylation is 1. The SMILES string of the molecule is Cc1ccc(-c2cc(C(O)C#Cc3ccc(C(=O)O)cc3)cc(OCc3ccccc3)c2C(C)(C)C)cc1. The quantitative estimate of drug-likeness (QED) is 0.270. The number of hydrogen-bond donors (Lipinski definition) is 2. The number of aliphatic hydroxyl groups is 1. The number of ether oxygens (including phenoxy) is 1. The van der Waals surface area contributed by atoms with Crippen LogP contribution in [-0.2, 0) is 12.0 Å². The fraction of sp³-hybridized carbons (Fsp3) is 0.206. The lowest BCUT2D eigenvalue weighted by Gasteiger charge is -2.28. The van der Waals surface area contributed by atoms with E-state index in [1.165, 1.54) is 17.7 Å². The molecule has 0 aliphatic rings. The first-order valence-corrected chi connectivity index (χ1v) is 12.6. The Morgan fingerprint density at radius 3 is 2.18 bits per heavy atom. The fourth-order valence-corrected chi connectivity index (χ4v) is 4.31. The third-order valence-corrected chi connectivity index (χ3v) is 6.28. The number of carbonyl (C=O) groups is 1. The summed E-state index contributed by atoms with van der Waals surface area (Å²) in [4.78, 5) is 11.1. The molecule has 0 fully saturated rings. The Bertz CT molecular complexity index is 1470. The zero-order valence-electron chi connectivity index (χ0n) is 22.2. The average Bonchev–Trinajstić information content (AvgIpc) is 2.90. The van der Waals surface area contributed by atoms with Gasteiger partial charge >= 0.3 is 5.97 Å². The molecule has 0 spiro atoms. The molecule has 2 N–H and O–H groups in total. The van der Waals surface area contributed by atoms with Gasteiger partial charge in [-0.05, 0) is 71.0 Å². The lowest BCUT2D eigenvalue weighted by atomic mass is 9.79. The molecule has 1 unspecified atom stereocenters. The van der Waals surface area contributed by atoms with Crippen molar-refractivity contribution >= 4 is 5.97 Å². The van der Waals surface area contributed by atoms with Crippen LogP contribution in [0.25, 0.3) is 11.1 Å². The Balaban J connectivity index is 1.78. The van der Waals surface area contributed by atoms with Gasteiger partial charge in [-0.1, -0.05) is 92.8 Å². The van der Waals surface area contributed by atoms with Gasteiger partial charge in [0.1, 0.15) is 18.5 Å². The fourth-order valence-electron chi connectivity index (χ4n) is 4.31. The third-order valence-electron chi connectivity index (χ3n) is 6.28. The van der Waals surface area contributed by atoms with E-state index in [0.717, 1.165) is 22.3 Å². The number of aromatic carboxylic acids is 1. The summed E-state index contributed by atoms with van der Waals surface area (Å²) >= 11 is 0. The Labute approximate surface area is 224 Å². The number of rotatable bonds is 6. The summed E-state index contributed by atoms with van der Waals surface area (Å²) in [6.07, 6.45) is -1.06. The topological polar surface area (TPSA) is 66.8 Å². The van der Waals surface area contributed by atoms with E-state index in [4.69, 9.17) is 9.84 Å². The smallest absolute Gasteiger partial charge is 0.335 e. The van der Waals surface area contributed by atoms with Crippen LogP contribution >= 0.6 is 0 Å². The van der Waals surface area contributed by atoms with Gasteiger partial charge in [-0.3, -0.25) is 0 Å². The number of aliphatic hydroxyl groups excluding tert-OH is 1. The first-order valence-electron chi connectivity index (χ1n) is 12.6. The summed E-state index contributed by atoms with van der Waals surface area (Å²) < 4.78 is 6.41. The van der Waals surface area contributed by atoms with E-state index in [1.54, 1.807) is 12.1 Å². The van der Waals surface area contributed by atoms with Gasteiger partial charge in [0, 0.05) is 11.1 Å². The molecular weight excluding hydrogens is 472 g/mol. The summed E-state index contributed by atoms with van der Waals surface area (Å²) in [5.74, 6) is 5.60. The maximum atomic E-state index is 11.1. The lowest BCUT2D eigenvalue weighted by molar-refractivity contribution is 0.0697. The molecule has 1 atom stereocenters. The molecule has 0 saturated heterocycles. The second kappa shape index (κ2) is 11.4. The van der Waals surface area contributed by atoms with E-state index >= 15 is 0 Å². The van der Waals surface area contributed by atoms with Crippen LogP contribution in [-0.4, -0.2) is 16.2 Å². The van der Waals surface area contributed by atoms with Crippen LogP contribution in [0.4, 0.5) is 0 Å². The summed E-state index contributed by atoms with van der Waals surface area (Å²) in [5, 5.41) is 20.2. The van der Waals surface area contributed by atoms with Gasteiger partial charge in [-0.15, -0.1) is 0 Å². The van der Waals surface area contributed by atoms with Crippen molar-refractivity contribution in [3.63, 3.8) is 0 Å². The second-order valence-electron chi connectivity index (χ2n) is 10.4. The Kier molecular flexibility index (Phi) is 8.00. The molecule has 4 heteroatoms. The molecule has 0 bridgehead atoms. The zero-order valence-corrected chi connectivity index (χ0v) is 22.2. The van der Waals surface area contributed by atoms with E-state index in [1.807, 2.05) is 42.5 Å².